The second-order valence-electron chi connectivity index (χ2n) is 7.72. The lowest BCUT2D eigenvalue weighted by molar-refractivity contribution is -0.763. The summed E-state index contributed by atoms with van der Waals surface area (Å²) in [6.07, 6.45) is 10.7. The molecule has 0 bridgehead atoms. The van der Waals surface area contributed by atoms with Crippen LogP contribution in [0.5, 0.6) is 5.88 Å². The van der Waals surface area contributed by atoms with Crippen LogP contribution in [-0.2, 0) is 6.54 Å². The van der Waals surface area contributed by atoms with Gasteiger partial charge in [0.2, 0.25) is 5.82 Å². The quantitative estimate of drug-likeness (QED) is 0.490. The SMILES string of the molecule is COc1nc(C=Cc2nc3[n+]([nH]2)CCCC3c2ccccc2F)cnc1-n1cnc(C)c1. The highest BCUT2D eigenvalue weighted by molar-refractivity contribution is 5.64. The van der Waals surface area contributed by atoms with E-state index in [1.807, 2.05) is 42.1 Å². The fourth-order valence-electron chi connectivity index (χ4n) is 4.02. The molecular weight excluding hydrogens is 409 g/mol. The Bertz CT molecular complexity index is 1290. The van der Waals surface area contributed by atoms with Crippen LogP contribution >= 0.6 is 0 Å². The Kier molecular flexibility index (Phi) is 5.22. The maximum absolute atomic E-state index is 14.4. The number of nitrogens with zero attached hydrogens (tertiary/aromatic N) is 6. The van der Waals surface area contributed by atoms with Gasteiger partial charge in [0.15, 0.2) is 0 Å². The topological polar surface area (TPSA) is 85.4 Å². The first kappa shape index (κ1) is 20.0. The number of ether oxygens (including phenoxy) is 1. The van der Waals surface area contributed by atoms with Gasteiger partial charge in [0.05, 0.1) is 30.6 Å². The molecule has 0 aliphatic carbocycles. The molecule has 1 atom stereocenters. The lowest BCUT2D eigenvalue weighted by Crippen LogP contribution is -2.44. The molecule has 4 heterocycles. The number of aromatic amines is 1. The average Bonchev–Trinajstić information content (AvgIpc) is 3.43. The highest BCUT2D eigenvalue weighted by Gasteiger charge is 2.34. The Labute approximate surface area is 184 Å². The summed E-state index contributed by atoms with van der Waals surface area (Å²) in [5.41, 5.74) is 2.20. The number of hydrogen-bond donors (Lipinski definition) is 1. The Morgan fingerprint density at radius 1 is 1.22 bits per heavy atom. The smallest absolute Gasteiger partial charge is 0.327 e. The van der Waals surface area contributed by atoms with Gasteiger partial charge in [-0.05, 0) is 36.9 Å². The maximum Gasteiger partial charge on any atom is 0.327 e. The second kappa shape index (κ2) is 8.33. The zero-order valence-electron chi connectivity index (χ0n) is 17.9. The van der Waals surface area contributed by atoms with E-state index in [0.29, 0.717) is 28.8 Å². The minimum absolute atomic E-state index is 0.0684. The van der Waals surface area contributed by atoms with Crippen molar-refractivity contribution in [3.63, 3.8) is 0 Å². The first-order valence-corrected chi connectivity index (χ1v) is 10.5. The second-order valence-corrected chi connectivity index (χ2v) is 7.72. The molecule has 8 nitrogen and oxygen atoms in total. The molecule has 0 amide bonds. The lowest BCUT2D eigenvalue weighted by Gasteiger charge is -2.17. The van der Waals surface area contributed by atoms with Crippen LogP contribution in [0.4, 0.5) is 4.39 Å². The first-order valence-electron chi connectivity index (χ1n) is 10.5. The molecule has 3 aromatic heterocycles. The molecule has 1 unspecified atom stereocenters. The van der Waals surface area contributed by atoms with Crippen LogP contribution in [0.25, 0.3) is 18.0 Å². The van der Waals surface area contributed by atoms with Crippen LogP contribution in [0, 0.1) is 12.7 Å². The number of rotatable bonds is 5. The number of methoxy groups -OCH3 is 1. The summed E-state index contributed by atoms with van der Waals surface area (Å²) in [6.45, 7) is 2.74. The normalized spacial score (nSPS) is 15.8. The van der Waals surface area contributed by atoms with E-state index in [2.05, 4.69) is 20.1 Å². The van der Waals surface area contributed by atoms with Gasteiger partial charge < -0.3 is 4.74 Å². The zero-order valence-corrected chi connectivity index (χ0v) is 17.9. The Balaban J connectivity index is 1.42. The summed E-state index contributed by atoms with van der Waals surface area (Å²) in [7, 11) is 1.56. The molecule has 9 heteroatoms. The van der Waals surface area contributed by atoms with Crippen molar-refractivity contribution in [1.82, 2.24) is 29.6 Å². The number of nitrogens with one attached hydrogen (secondary N) is 1. The van der Waals surface area contributed by atoms with Gasteiger partial charge in [0.1, 0.15) is 18.7 Å². The number of hydrogen-bond acceptors (Lipinski definition) is 5. The minimum atomic E-state index is -0.193. The summed E-state index contributed by atoms with van der Waals surface area (Å²) < 4.78 is 23.6. The van der Waals surface area contributed by atoms with Gasteiger partial charge >= 0.3 is 5.82 Å². The van der Waals surface area contributed by atoms with E-state index < -0.39 is 0 Å². The van der Waals surface area contributed by atoms with Crippen molar-refractivity contribution in [2.45, 2.75) is 32.2 Å². The van der Waals surface area contributed by atoms with Crippen LogP contribution in [0.2, 0.25) is 0 Å². The highest BCUT2D eigenvalue weighted by Crippen LogP contribution is 2.30. The van der Waals surface area contributed by atoms with Crippen molar-refractivity contribution in [2.75, 3.05) is 7.11 Å². The van der Waals surface area contributed by atoms with Gasteiger partial charge in [-0.15, -0.1) is 0 Å². The van der Waals surface area contributed by atoms with Gasteiger partial charge in [0, 0.05) is 17.8 Å². The molecule has 5 rings (SSSR count). The predicted molar refractivity (Wildman–Crippen MR) is 116 cm³/mol. The molecule has 0 saturated heterocycles. The average molecular weight is 432 g/mol. The van der Waals surface area contributed by atoms with E-state index in [9.17, 15) is 4.39 Å². The number of benzene rings is 1. The van der Waals surface area contributed by atoms with E-state index in [4.69, 9.17) is 9.72 Å². The summed E-state index contributed by atoms with van der Waals surface area (Å²) >= 11 is 0. The van der Waals surface area contributed by atoms with E-state index >= 15 is 0 Å². The summed E-state index contributed by atoms with van der Waals surface area (Å²) in [5.74, 6) is 2.23. The summed E-state index contributed by atoms with van der Waals surface area (Å²) in [4.78, 5) is 18.0. The molecule has 4 aromatic rings. The Hall–Kier alpha value is -3.88. The predicted octanol–water partition coefficient (Wildman–Crippen LogP) is 3.23. The molecule has 0 saturated carbocycles. The number of aromatic nitrogens is 7. The largest absolute Gasteiger partial charge is 0.478 e. The van der Waals surface area contributed by atoms with Crippen molar-refractivity contribution < 1.29 is 13.8 Å². The van der Waals surface area contributed by atoms with Crippen molar-refractivity contribution in [1.29, 1.82) is 0 Å². The number of H-pyrrole nitrogens is 1. The fraction of sp³-hybridized carbons (Fsp3) is 0.261. The highest BCUT2D eigenvalue weighted by atomic mass is 19.1. The third-order valence-electron chi connectivity index (χ3n) is 5.53. The number of imidazole rings is 1. The van der Waals surface area contributed by atoms with Crippen molar-refractivity contribution >= 4 is 12.2 Å². The maximum atomic E-state index is 14.4. The molecular formula is C23H23FN7O+. The van der Waals surface area contributed by atoms with Crippen molar-refractivity contribution in [2.24, 2.45) is 0 Å². The molecule has 0 fully saturated rings. The number of aryl methyl sites for hydroxylation is 2. The Morgan fingerprint density at radius 2 is 2.09 bits per heavy atom. The van der Waals surface area contributed by atoms with Crippen molar-refractivity contribution in [3.05, 3.63) is 77.4 Å². The van der Waals surface area contributed by atoms with Crippen LogP contribution in [0.3, 0.4) is 0 Å². The summed E-state index contributed by atoms with van der Waals surface area (Å²) in [6, 6.07) is 6.92. The molecule has 0 radical (unpaired) electrons. The standard InChI is InChI=1S/C23H22FN7O/c1-15-13-30(14-26-15)22-23(32-2)27-16(12-25-22)9-10-20-28-21-18(7-5-11-31(21)29-20)17-6-3-4-8-19(17)24/h3-4,6,8-10,12-14,18H,5,7,11H2,1-2H3/p+1. The molecule has 1 aromatic carbocycles. The van der Waals surface area contributed by atoms with Crippen LogP contribution < -0.4 is 9.42 Å². The van der Waals surface area contributed by atoms with Crippen molar-refractivity contribution in [3.8, 4) is 11.7 Å². The molecule has 1 N–H and O–H groups in total. The third kappa shape index (κ3) is 3.77. The molecule has 162 valence electrons. The Morgan fingerprint density at radius 3 is 2.88 bits per heavy atom. The molecule has 1 aliphatic rings. The third-order valence-corrected chi connectivity index (χ3v) is 5.53. The van der Waals surface area contributed by atoms with E-state index in [1.54, 1.807) is 30.3 Å². The van der Waals surface area contributed by atoms with E-state index in [-0.39, 0.29) is 11.7 Å². The van der Waals surface area contributed by atoms with Crippen LogP contribution in [0.1, 0.15) is 47.4 Å². The van der Waals surface area contributed by atoms with Crippen LogP contribution in [-0.4, -0.2) is 36.7 Å². The first-order chi connectivity index (χ1) is 15.6. The summed E-state index contributed by atoms with van der Waals surface area (Å²) in [5, 5.41) is 3.30. The minimum Gasteiger partial charge on any atom is -0.478 e. The zero-order chi connectivity index (χ0) is 22.1. The van der Waals surface area contributed by atoms with Crippen LogP contribution in [0.15, 0.2) is 43.0 Å². The fourth-order valence-corrected chi connectivity index (χ4v) is 4.02. The monoisotopic (exact) mass is 432 g/mol. The lowest BCUT2D eigenvalue weighted by atomic mass is 9.91. The number of fused-ring (bicyclic) bond motifs is 1. The molecule has 32 heavy (non-hydrogen) atoms. The van der Waals surface area contributed by atoms with Gasteiger partial charge in [-0.1, -0.05) is 18.2 Å². The number of halogens is 1. The van der Waals surface area contributed by atoms with Gasteiger partial charge in [-0.2, -0.15) is 9.78 Å². The molecule has 1 aliphatic heterocycles. The van der Waals surface area contributed by atoms with Gasteiger partial charge in [-0.25, -0.2) is 19.3 Å². The van der Waals surface area contributed by atoms with Gasteiger partial charge in [0.25, 0.3) is 11.7 Å². The van der Waals surface area contributed by atoms with E-state index in [0.717, 1.165) is 30.9 Å². The van der Waals surface area contributed by atoms with Gasteiger partial charge in [-0.3, -0.25) is 4.57 Å². The van der Waals surface area contributed by atoms with E-state index in [1.165, 1.54) is 6.07 Å². The molecule has 0 spiro atoms.